The smallest absolute Gasteiger partial charge is 0.222 e. The number of amides is 1. The molecule has 0 fully saturated rings. The maximum atomic E-state index is 12.7. The van der Waals surface area contributed by atoms with Gasteiger partial charge in [-0.2, -0.15) is 0 Å². The molecule has 17 heavy (non-hydrogen) atoms. The van der Waals surface area contributed by atoms with Crippen LogP contribution >= 0.6 is 0 Å². The minimum atomic E-state index is -0.253. The Morgan fingerprint density at radius 2 is 2.00 bits per heavy atom. The summed E-state index contributed by atoms with van der Waals surface area (Å²) >= 11 is 0. The first-order valence-electron chi connectivity index (χ1n) is 5.76. The largest absolute Gasteiger partial charge is 0.341 e. The van der Waals surface area contributed by atoms with Crippen molar-refractivity contribution in [3.05, 3.63) is 35.6 Å². The molecular formula is C13H19FN2O. The van der Waals surface area contributed by atoms with Gasteiger partial charge in [-0.05, 0) is 37.7 Å². The average molecular weight is 238 g/mol. The van der Waals surface area contributed by atoms with Crippen molar-refractivity contribution in [1.82, 2.24) is 10.2 Å². The number of hydrogen-bond acceptors (Lipinski definition) is 2. The van der Waals surface area contributed by atoms with Gasteiger partial charge in [0, 0.05) is 20.0 Å². The van der Waals surface area contributed by atoms with E-state index in [4.69, 9.17) is 0 Å². The van der Waals surface area contributed by atoms with E-state index in [0.717, 1.165) is 18.5 Å². The maximum Gasteiger partial charge on any atom is 0.222 e. The second kappa shape index (κ2) is 7.01. The zero-order valence-electron chi connectivity index (χ0n) is 10.4. The maximum absolute atomic E-state index is 12.7. The Bertz CT molecular complexity index is 351. The van der Waals surface area contributed by atoms with Gasteiger partial charge in [0.25, 0.3) is 0 Å². The van der Waals surface area contributed by atoms with E-state index in [0.29, 0.717) is 13.0 Å². The van der Waals surface area contributed by atoms with Gasteiger partial charge in [0.05, 0.1) is 0 Å². The first kappa shape index (κ1) is 13.6. The van der Waals surface area contributed by atoms with Crippen molar-refractivity contribution in [2.24, 2.45) is 0 Å². The van der Waals surface area contributed by atoms with Crippen LogP contribution in [-0.2, 0) is 11.3 Å². The summed E-state index contributed by atoms with van der Waals surface area (Å²) in [6.45, 7) is 1.37. The number of hydrogen-bond donors (Lipinski definition) is 1. The van der Waals surface area contributed by atoms with Gasteiger partial charge < -0.3 is 10.2 Å². The molecule has 0 aromatic heterocycles. The molecule has 0 atom stereocenters. The van der Waals surface area contributed by atoms with Gasteiger partial charge in [-0.15, -0.1) is 0 Å². The van der Waals surface area contributed by atoms with Gasteiger partial charge in [-0.3, -0.25) is 4.79 Å². The molecule has 4 heteroatoms. The van der Waals surface area contributed by atoms with E-state index in [1.54, 1.807) is 24.1 Å². The molecule has 1 rings (SSSR count). The van der Waals surface area contributed by atoms with E-state index >= 15 is 0 Å². The van der Waals surface area contributed by atoms with Crippen LogP contribution in [0.1, 0.15) is 18.4 Å². The Hall–Kier alpha value is -1.42. The lowest BCUT2D eigenvalue weighted by Gasteiger charge is -2.17. The van der Waals surface area contributed by atoms with Crippen LogP contribution < -0.4 is 5.32 Å². The molecule has 0 unspecified atom stereocenters. The zero-order valence-corrected chi connectivity index (χ0v) is 10.4. The van der Waals surface area contributed by atoms with Crippen LogP contribution in [-0.4, -0.2) is 31.4 Å². The third-order valence-corrected chi connectivity index (χ3v) is 2.58. The first-order valence-corrected chi connectivity index (χ1v) is 5.76. The molecule has 1 aromatic rings. The van der Waals surface area contributed by atoms with Crippen LogP contribution in [0.5, 0.6) is 0 Å². The van der Waals surface area contributed by atoms with Crippen LogP contribution in [0, 0.1) is 5.82 Å². The highest BCUT2D eigenvalue weighted by Gasteiger charge is 2.08. The Balaban J connectivity index is 2.40. The number of nitrogens with zero attached hydrogens (tertiary/aromatic N) is 1. The molecule has 0 spiro atoms. The van der Waals surface area contributed by atoms with Crippen LogP contribution in [0.4, 0.5) is 4.39 Å². The fourth-order valence-electron chi connectivity index (χ4n) is 1.56. The summed E-state index contributed by atoms with van der Waals surface area (Å²) in [5, 5.41) is 3.01. The van der Waals surface area contributed by atoms with Crippen molar-refractivity contribution in [3.8, 4) is 0 Å². The minimum Gasteiger partial charge on any atom is -0.341 e. The normalized spacial score (nSPS) is 10.3. The van der Waals surface area contributed by atoms with Gasteiger partial charge >= 0.3 is 0 Å². The Kier molecular flexibility index (Phi) is 5.63. The molecule has 0 saturated carbocycles. The van der Waals surface area contributed by atoms with Gasteiger partial charge in [0.15, 0.2) is 0 Å². The standard InChI is InChI=1S/C13H19FN2O/c1-15-9-3-4-13(17)16(2)10-11-5-7-12(14)8-6-11/h5-8,15H,3-4,9-10H2,1-2H3. The SMILES string of the molecule is CNCCCC(=O)N(C)Cc1ccc(F)cc1. The number of carbonyl (C=O) groups excluding carboxylic acids is 1. The highest BCUT2D eigenvalue weighted by Crippen LogP contribution is 2.06. The summed E-state index contributed by atoms with van der Waals surface area (Å²) in [4.78, 5) is 13.4. The summed E-state index contributed by atoms with van der Waals surface area (Å²) in [7, 11) is 3.64. The molecule has 3 nitrogen and oxygen atoms in total. The molecule has 1 N–H and O–H groups in total. The van der Waals surface area contributed by atoms with Crippen molar-refractivity contribution in [2.75, 3.05) is 20.6 Å². The first-order chi connectivity index (χ1) is 8.13. The minimum absolute atomic E-state index is 0.115. The predicted octanol–water partition coefficient (Wildman–Crippen LogP) is 1.78. The van der Waals surface area contributed by atoms with Gasteiger partial charge in [-0.25, -0.2) is 4.39 Å². The molecule has 0 aliphatic rings. The summed E-state index contributed by atoms with van der Waals surface area (Å²) in [6, 6.07) is 6.22. The molecule has 1 aromatic carbocycles. The predicted molar refractivity (Wildman–Crippen MR) is 66.0 cm³/mol. The third kappa shape index (κ3) is 4.95. The summed E-state index contributed by atoms with van der Waals surface area (Å²) < 4.78 is 12.7. The van der Waals surface area contributed by atoms with Crippen molar-refractivity contribution >= 4 is 5.91 Å². The van der Waals surface area contributed by atoms with Crippen LogP contribution in [0.25, 0.3) is 0 Å². The van der Waals surface area contributed by atoms with E-state index in [2.05, 4.69) is 5.32 Å². The second-order valence-electron chi connectivity index (χ2n) is 4.08. The fraction of sp³-hybridized carbons (Fsp3) is 0.462. The van der Waals surface area contributed by atoms with Gasteiger partial charge in [0.1, 0.15) is 5.82 Å². The summed E-state index contributed by atoms with van der Waals surface area (Å²) in [5.74, 6) is -0.138. The van der Waals surface area contributed by atoms with E-state index in [-0.39, 0.29) is 11.7 Å². The Morgan fingerprint density at radius 1 is 1.35 bits per heavy atom. The molecule has 0 saturated heterocycles. The highest BCUT2D eigenvalue weighted by atomic mass is 19.1. The highest BCUT2D eigenvalue weighted by molar-refractivity contribution is 5.75. The number of carbonyl (C=O) groups is 1. The third-order valence-electron chi connectivity index (χ3n) is 2.58. The monoisotopic (exact) mass is 238 g/mol. The number of rotatable bonds is 6. The Morgan fingerprint density at radius 3 is 2.59 bits per heavy atom. The molecule has 1 amide bonds. The van der Waals surface area contributed by atoms with Crippen LogP contribution in [0.3, 0.4) is 0 Å². The molecule has 0 heterocycles. The van der Waals surface area contributed by atoms with Crippen molar-refractivity contribution < 1.29 is 9.18 Å². The molecule has 0 bridgehead atoms. The van der Waals surface area contributed by atoms with Crippen molar-refractivity contribution in [1.29, 1.82) is 0 Å². The van der Waals surface area contributed by atoms with Crippen molar-refractivity contribution in [3.63, 3.8) is 0 Å². The van der Waals surface area contributed by atoms with E-state index in [1.807, 2.05) is 7.05 Å². The van der Waals surface area contributed by atoms with Crippen LogP contribution in [0.15, 0.2) is 24.3 Å². The molecule has 0 aliphatic heterocycles. The lowest BCUT2D eigenvalue weighted by molar-refractivity contribution is -0.130. The number of benzene rings is 1. The lowest BCUT2D eigenvalue weighted by atomic mass is 10.2. The quantitative estimate of drug-likeness (QED) is 0.766. The Labute approximate surface area is 102 Å². The van der Waals surface area contributed by atoms with Crippen molar-refractivity contribution in [2.45, 2.75) is 19.4 Å². The van der Waals surface area contributed by atoms with E-state index in [1.165, 1.54) is 12.1 Å². The summed E-state index contributed by atoms with van der Waals surface area (Å²) in [6.07, 6.45) is 1.38. The topological polar surface area (TPSA) is 32.3 Å². The second-order valence-corrected chi connectivity index (χ2v) is 4.08. The van der Waals surface area contributed by atoms with Crippen LogP contribution in [0.2, 0.25) is 0 Å². The number of nitrogens with one attached hydrogen (secondary N) is 1. The average Bonchev–Trinajstić information content (AvgIpc) is 2.32. The van der Waals surface area contributed by atoms with E-state index in [9.17, 15) is 9.18 Å². The fourth-order valence-corrected chi connectivity index (χ4v) is 1.56. The van der Waals surface area contributed by atoms with E-state index < -0.39 is 0 Å². The molecule has 0 radical (unpaired) electrons. The van der Waals surface area contributed by atoms with Gasteiger partial charge in [-0.1, -0.05) is 12.1 Å². The molecule has 0 aliphatic carbocycles. The summed E-state index contributed by atoms with van der Waals surface area (Å²) in [5.41, 5.74) is 0.941. The molecular weight excluding hydrogens is 219 g/mol. The zero-order chi connectivity index (χ0) is 12.7. The molecule has 94 valence electrons. The number of halogens is 1. The lowest BCUT2D eigenvalue weighted by Crippen LogP contribution is -2.26. The van der Waals surface area contributed by atoms with Gasteiger partial charge in [0.2, 0.25) is 5.91 Å².